The van der Waals surface area contributed by atoms with E-state index in [2.05, 4.69) is 4.98 Å². The summed E-state index contributed by atoms with van der Waals surface area (Å²) in [5.41, 5.74) is 5.43. The Morgan fingerprint density at radius 3 is 2.68 bits per heavy atom. The highest BCUT2D eigenvalue weighted by atomic mass is 19.3. The minimum atomic E-state index is -2.74. The van der Waals surface area contributed by atoms with Crippen LogP contribution in [0.15, 0.2) is 6.07 Å². The van der Waals surface area contributed by atoms with E-state index in [4.69, 9.17) is 15.2 Å². The number of alkyl halides is 2. The minimum absolute atomic E-state index is 0.0234. The van der Waals surface area contributed by atoms with Crippen LogP contribution in [0.4, 0.5) is 8.78 Å². The van der Waals surface area contributed by atoms with Gasteiger partial charge in [-0.05, 0) is 13.0 Å². The van der Waals surface area contributed by atoms with Gasteiger partial charge in [-0.15, -0.1) is 0 Å². The highest BCUT2D eigenvalue weighted by Gasteiger charge is 2.20. The van der Waals surface area contributed by atoms with E-state index in [0.29, 0.717) is 5.56 Å². The van der Waals surface area contributed by atoms with Gasteiger partial charge in [-0.1, -0.05) is 0 Å². The van der Waals surface area contributed by atoms with Crippen LogP contribution >= 0.6 is 0 Å². The number of ether oxygens (including phenoxy) is 2. The van der Waals surface area contributed by atoms with Gasteiger partial charge in [0.1, 0.15) is 0 Å². The molecule has 1 aromatic rings. The molecule has 0 bridgehead atoms. The third kappa shape index (κ3) is 3.85. The van der Waals surface area contributed by atoms with Crippen LogP contribution in [-0.4, -0.2) is 24.7 Å². The van der Waals surface area contributed by atoms with Crippen LogP contribution in [0, 0.1) is 0 Å². The molecule has 19 heavy (non-hydrogen) atoms. The number of hydrogen-bond donors (Lipinski definition) is 1. The fourth-order valence-corrected chi connectivity index (χ4v) is 1.59. The topological polar surface area (TPSA) is 74.4 Å². The second-order valence-corrected chi connectivity index (χ2v) is 3.68. The largest absolute Gasteiger partial charge is 0.481 e. The number of methoxy groups -OCH3 is 1. The van der Waals surface area contributed by atoms with Crippen LogP contribution in [0.3, 0.4) is 0 Å². The first-order valence-corrected chi connectivity index (χ1v) is 5.73. The van der Waals surface area contributed by atoms with Crippen molar-refractivity contribution in [2.24, 2.45) is 5.73 Å². The molecule has 0 aliphatic carbocycles. The number of aromatic nitrogens is 1. The molecule has 0 aliphatic heterocycles. The number of carbonyl (C=O) groups excluding carboxylic acids is 1. The average molecular weight is 274 g/mol. The van der Waals surface area contributed by atoms with Gasteiger partial charge >= 0.3 is 5.97 Å². The van der Waals surface area contributed by atoms with Gasteiger partial charge in [-0.3, -0.25) is 4.79 Å². The van der Waals surface area contributed by atoms with Crippen LogP contribution in [0.2, 0.25) is 0 Å². The summed E-state index contributed by atoms with van der Waals surface area (Å²) in [6.45, 7) is 1.84. The number of hydrogen-bond acceptors (Lipinski definition) is 5. The molecule has 7 heteroatoms. The number of esters is 1. The Morgan fingerprint density at radius 2 is 2.21 bits per heavy atom. The zero-order valence-electron chi connectivity index (χ0n) is 10.8. The first-order valence-electron chi connectivity index (χ1n) is 5.73. The maximum absolute atomic E-state index is 12.9. The van der Waals surface area contributed by atoms with Crippen LogP contribution in [0.1, 0.15) is 30.2 Å². The van der Waals surface area contributed by atoms with E-state index >= 15 is 0 Å². The van der Waals surface area contributed by atoms with Crippen molar-refractivity contribution in [3.8, 4) is 5.88 Å². The predicted molar refractivity (Wildman–Crippen MR) is 64.0 cm³/mol. The maximum atomic E-state index is 12.9. The Morgan fingerprint density at radius 1 is 1.53 bits per heavy atom. The Labute approximate surface area is 109 Å². The van der Waals surface area contributed by atoms with Crippen molar-refractivity contribution in [3.63, 3.8) is 0 Å². The molecular formula is C12H16F2N2O3. The lowest BCUT2D eigenvalue weighted by Gasteiger charge is -2.13. The van der Waals surface area contributed by atoms with Gasteiger partial charge in [0.2, 0.25) is 5.88 Å². The first-order chi connectivity index (χ1) is 9.03. The van der Waals surface area contributed by atoms with E-state index in [-0.39, 0.29) is 36.7 Å². The Bertz CT molecular complexity index is 453. The van der Waals surface area contributed by atoms with E-state index in [1.54, 1.807) is 6.92 Å². The fourth-order valence-electron chi connectivity index (χ4n) is 1.59. The number of nitrogens with two attached hydrogens (primary N) is 1. The molecule has 0 atom stereocenters. The van der Waals surface area contributed by atoms with Gasteiger partial charge < -0.3 is 15.2 Å². The molecule has 106 valence electrons. The lowest BCUT2D eigenvalue weighted by atomic mass is 10.1. The van der Waals surface area contributed by atoms with Crippen molar-refractivity contribution in [3.05, 3.63) is 22.9 Å². The Hall–Kier alpha value is -1.76. The van der Waals surface area contributed by atoms with Crippen molar-refractivity contribution in [1.29, 1.82) is 0 Å². The standard InChI is InChI=1S/C12H16F2N2O3/c1-3-19-10(17)5-9-8(11(13)14)4-7(6-15)12(16-9)18-2/h4,11H,3,5-6,15H2,1-2H3. The zero-order valence-corrected chi connectivity index (χ0v) is 10.8. The van der Waals surface area contributed by atoms with Crippen LogP contribution in [0.5, 0.6) is 5.88 Å². The second kappa shape index (κ2) is 6.98. The number of halogens is 2. The summed E-state index contributed by atoms with van der Waals surface area (Å²) in [5.74, 6) is -0.467. The number of pyridine rings is 1. The van der Waals surface area contributed by atoms with Gasteiger partial charge in [0.25, 0.3) is 6.43 Å². The van der Waals surface area contributed by atoms with E-state index < -0.39 is 12.4 Å². The molecule has 2 N–H and O–H groups in total. The lowest BCUT2D eigenvalue weighted by molar-refractivity contribution is -0.142. The van der Waals surface area contributed by atoms with Crippen molar-refractivity contribution >= 4 is 5.97 Å². The zero-order chi connectivity index (χ0) is 14.4. The SMILES string of the molecule is CCOC(=O)Cc1nc(OC)c(CN)cc1C(F)F. The molecule has 0 saturated carbocycles. The number of carbonyl (C=O) groups is 1. The molecule has 1 rings (SSSR count). The van der Waals surface area contributed by atoms with E-state index in [1.165, 1.54) is 13.2 Å². The number of nitrogens with zero attached hydrogens (tertiary/aromatic N) is 1. The van der Waals surface area contributed by atoms with Crippen LogP contribution < -0.4 is 10.5 Å². The van der Waals surface area contributed by atoms with Gasteiger partial charge in [0.05, 0.1) is 25.8 Å². The normalized spacial score (nSPS) is 10.6. The highest BCUT2D eigenvalue weighted by molar-refractivity contribution is 5.72. The summed E-state index contributed by atoms with van der Waals surface area (Å²) < 4.78 is 35.6. The molecule has 0 aromatic carbocycles. The number of rotatable bonds is 6. The van der Waals surface area contributed by atoms with Crippen molar-refractivity contribution in [2.45, 2.75) is 26.3 Å². The summed E-state index contributed by atoms with van der Waals surface area (Å²) in [5, 5.41) is 0. The quantitative estimate of drug-likeness (QED) is 0.797. The van der Waals surface area contributed by atoms with Crippen molar-refractivity contribution in [1.82, 2.24) is 4.98 Å². The molecular weight excluding hydrogens is 258 g/mol. The second-order valence-electron chi connectivity index (χ2n) is 3.68. The lowest BCUT2D eigenvalue weighted by Crippen LogP contribution is -2.13. The van der Waals surface area contributed by atoms with Crippen molar-refractivity contribution in [2.75, 3.05) is 13.7 Å². The molecule has 5 nitrogen and oxygen atoms in total. The third-order valence-electron chi connectivity index (χ3n) is 2.44. The summed E-state index contributed by atoms with van der Waals surface area (Å²) >= 11 is 0. The van der Waals surface area contributed by atoms with Gasteiger partial charge in [0, 0.05) is 17.7 Å². The predicted octanol–water partition coefficient (Wildman–Crippen LogP) is 1.59. The molecule has 1 aromatic heterocycles. The van der Waals surface area contributed by atoms with Gasteiger partial charge in [-0.2, -0.15) is 0 Å². The summed E-state index contributed by atoms with van der Waals surface area (Å²) in [6.07, 6.45) is -3.07. The smallest absolute Gasteiger partial charge is 0.311 e. The van der Waals surface area contributed by atoms with Crippen molar-refractivity contribution < 1.29 is 23.0 Å². The van der Waals surface area contributed by atoms with E-state index in [1.807, 2.05) is 0 Å². The third-order valence-corrected chi connectivity index (χ3v) is 2.44. The molecule has 0 spiro atoms. The van der Waals surface area contributed by atoms with E-state index in [0.717, 1.165) is 0 Å². The first kappa shape index (κ1) is 15.3. The molecule has 0 saturated heterocycles. The summed E-state index contributed by atoms with van der Waals surface area (Å²) in [7, 11) is 1.36. The summed E-state index contributed by atoms with van der Waals surface area (Å²) in [6, 6.07) is 1.21. The molecule has 0 radical (unpaired) electrons. The average Bonchev–Trinajstić information content (AvgIpc) is 2.38. The van der Waals surface area contributed by atoms with Gasteiger partial charge in [0.15, 0.2) is 0 Å². The Kier molecular flexibility index (Phi) is 5.62. The molecule has 1 heterocycles. The van der Waals surface area contributed by atoms with Gasteiger partial charge in [-0.25, -0.2) is 13.8 Å². The molecule has 0 unspecified atom stereocenters. The molecule has 0 fully saturated rings. The minimum Gasteiger partial charge on any atom is -0.481 e. The highest BCUT2D eigenvalue weighted by Crippen LogP contribution is 2.27. The summed E-state index contributed by atoms with van der Waals surface area (Å²) in [4.78, 5) is 15.3. The van der Waals surface area contributed by atoms with E-state index in [9.17, 15) is 13.6 Å². The molecule has 0 aliphatic rings. The maximum Gasteiger partial charge on any atom is 0.311 e. The monoisotopic (exact) mass is 274 g/mol. The molecule has 0 amide bonds. The van der Waals surface area contributed by atoms with Crippen LogP contribution in [-0.2, 0) is 22.5 Å². The van der Waals surface area contributed by atoms with Crippen LogP contribution in [0.25, 0.3) is 0 Å². The fraction of sp³-hybridized carbons (Fsp3) is 0.500. The Balaban J connectivity index is 3.16.